The van der Waals surface area contributed by atoms with Crippen LogP contribution in [-0.2, 0) is 57.3 Å². The van der Waals surface area contributed by atoms with Crippen LogP contribution in [0.5, 0.6) is 0 Å². The molecular weight excluding hydrogens is 692 g/mol. The third-order valence-electron chi connectivity index (χ3n) is 5.86. The molecule has 15 heteroatoms. The van der Waals surface area contributed by atoms with Crippen LogP contribution in [0.3, 0.4) is 0 Å². The number of nitrogens with one attached hydrogen (secondary N) is 2. The lowest BCUT2D eigenvalue weighted by Crippen LogP contribution is -2.33. The number of ketones is 4. The average molecular weight is 763 g/mol. The van der Waals surface area contributed by atoms with Crippen LogP contribution < -0.4 is 10.6 Å². The van der Waals surface area contributed by atoms with Gasteiger partial charge in [0.05, 0.1) is 6.61 Å². The van der Waals surface area contributed by atoms with Gasteiger partial charge in [-0.1, -0.05) is 69.2 Å². The zero-order chi connectivity index (χ0) is 43.1. The van der Waals surface area contributed by atoms with Gasteiger partial charge in [0.25, 0.3) is 0 Å². The summed E-state index contributed by atoms with van der Waals surface area (Å²) < 4.78 is 18.6. The number of rotatable bonds is 15. The van der Waals surface area contributed by atoms with Gasteiger partial charge in [-0.3, -0.25) is 38.4 Å². The van der Waals surface area contributed by atoms with Crippen molar-refractivity contribution in [2.24, 2.45) is 29.6 Å². The zero-order valence-corrected chi connectivity index (χ0v) is 35.4. The molecule has 0 aromatic heterocycles. The summed E-state index contributed by atoms with van der Waals surface area (Å²) in [5, 5.41) is 5.00. The van der Waals surface area contributed by atoms with E-state index in [1.165, 1.54) is 13.8 Å². The highest BCUT2D eigenvalue weighted by Crippen LogP contribution is 2.06. The molecule has 15 nitrogen and oxygen atoms in total. The average Bonchev–Trinajstić information content (AvgIpc) is 3.01. The van der Waals surface area contributed by atoms with Gasteiger partial charge in [-0.2, -0.15) is 0 Å². The molecule has 0 unspecified atom stereocenters. The lowest BCUT2D eigenvalue weighted by atomic mass is 10.1. The van der Waals surface area contributed by atoms with Gasteiger partial charge in [-0.25, -0.2) is 4.79 Å². The van der Waals surface area contributed by atoms with Crippen molar-refractivity contribution >= 4 is 53.0 Å². The summed E-state index contributed by atoms with van der Waals surface area (Å²) >= 11 is 0. The van der Waals surface area contributed by atoms with E-state index < -0.39 is 29.6 Å². The van der Waals surface area contributed by atoms with Crippen molar-refractivity contribution in [2.45, 2.75) is 130 Å². The second-order valence-electron chi connectivity index (χ2n) is 14.0. The molecule has 0 bridgehead atoms. The van der Waals surface area contributed by atoms with E-state index in [1.807, 2.05) is 27.7 Å². The first-order chi connectivity index (χ1) is 24.0. The van der Waals surface area contributed by atoms with Gasteiger partial charge in [-0.15, -0.1) is 0 Å². The standard InChI is InChI=1S/C11H21NO3.C8H15NO3.2C7H12O3.C5H10O/c1-8(2)9(13)6-7-12-10(14)15-11(3,4)5;1-4-12-7(10)5-9-8(11)6(2)3;2*1-5(2)7(9)4-10-6(3)8;1-4(2)5(3)6/h8H,6-7H2,1-5H3,(H,12,14);6H,4-5H2,1-3H3,(H,9,11);2*5H,4H2,1-3H3;4H,1-3H3. The van der Waals surface area contributed by atoms with Gasteiger partial charge < -0.3 is 29.6 Å². The van der Waals surface area contributed by atoms with Crippen molar-refractivity contribution in [2.75, 3.05) is 32.9 Å². The Hall–Kier alpha value is -4.17. The number of carbonyl (C=O) groups is 9. The molecule has 0 saturated heterocycles. The molecule has 53 heavy (non-hydrogen) atoms. The number of Topliss-reactive ketones (excluding diaryl/α,β-unsaturated/α-hetero) is 4. The van der Waals surface area contributed by atoms with Gasteiger partial charge in [0.2, 0.25) is 5.91 Å². The fourth-order valence-electron chi connectivity index (χ4n) is 2.14. The zero-order valence-electron chi connectivity index (χ0n) is 35.4. The Morgan fingerprint density at radius 1 is 0.547 bits per heavy atom. The monoisotopic (exact) mass is 762 g/mol. The van der Waals surface area contributed by atoms with Crippen LogP contribution >= 0.6 is 0 Å². The maximum atomic E-state index is 11.2. The largest absolute Gasteiger partial charge is 0.465 e. The number of ether oxygens (including phenoxy) is 4. The minimum Gasteiger partial charge on any atom is -0.465 e. The Labute approximate surface area is 317 Å². The molecule has 2 N–H and O–H groups in total. The van der Waals surface area contributed by atoms with Crippen LogP contribution in [-0.4, -0.2) is 91.6 Å². The molecule has 0 aliphatic heterocycles. The van der Waals surface area contributed by atoms with Crippen LogP contribution in [0.4, 0.5) is 4.79 Å². The molecule has 0 saturated carbocycles. The molecule has 0 aliphatic carbocycles. The van der Waals surface area contributed by atoms with E-state index in [4.69, 9.17) is 4.74 Å². The first-order valence-corrected chi connectivity index (χ1v) is 17.8. The summed E-state index contributed by atoms with van der Waals surface area (Å²) in [6, 6.07) is 0. The van der Waals surface area contributed by atoms with E-state index in [9.17, 15) is 43.2 Å². The van der Waals surface area contributed by atoms with E-state index in [0.717, 1.165) is 0 Å². The van der Waals surface area contributed by atoms with E-state index in [2.05, 4.69) is 24.8 Å². The molecule has 0 aromatic rings. The molecule has 0 heterocycles. The molecule has 0 rings (SSSR count). The molecule has 0 atom stereocenters. The topological polar surface area (TPSA) is 215 Å². The van der Waals surface area contributed by atoms with Gasteiger partial charge in [0, 0.05) is 56.4 Å². The van der Waals surface area contributed by atoms with E-state index in [-0.39, 0.29) is 78.4 Å². The van der Waals surface area contributed by atoms with Crippen LogP contribution in [0.2, 0.25) is 0 Å². The Kier molecular flexibility index (Phi) is 36.9. The summed E-state index contributed by atoms with van der Waals surface area (Å²) in [4.78, 5) is 96.1. The van der Waals surface area contributed by atoms with Crippen LogP contribution in [0, 0.1) is 29.6 Å². The predicted molar refractivity (Wildman–Crippen MR) is 202 cm³/mol. The van der Waals surface area contributed by atoms with Gasteiger partial charge in [-0.05, 0) is 34.6 Å². The number of esters is 3. The molecule has 0 spiro atoms. The molecular formula is C38H70N2O13. The molecule has 310 valence electrons. The molecule has 2 amide bonds. The van der Waals surface area contributed by atoms with Crippen LogP contribution in [0.25, 0.3) is 0 Å². The normalized spacial score (nSPS) is 10.1. The highest BCUT2D eigenvalue weighted by atomic mass is 16.6. The fraction of sp³-hybridized carbons (Fsp3) is 0.763. The number of hydrogen-bond acceptors (Lipinski definition) is 13. The second kappa shape index (κ2) is 33.7. The predicted octanol–water partition coefficient (Wildman–Crippen LogP) is 5.23. The maximum absolute atomic E-state index is 11.2. The Morgan fingerprint density at radius 3 is 1.19 bits per heavy atom. The lowest BCUT2D eigenvalue weighted by molar-refractivity contribution is -0.146. The van der Waals surface area contributed by atoms with Crippen molar-refractivity contribution in [1.82, 2.24) is 10.6 Å². The first-order valence-electron chi connectivity index (χ1n) is 17.8. The smallest absolute Gasteiger partial charge is 0.407 e. The number of carbonyl (C=O) groups excluding carboxylic acids is 9. The number of amides is 2. The fourth-order valence-corrected chi connectivity index (χ4v) is 2.14. The third kappa shape index (κ3) is 50.0. The quantitative estimate of drug-likeness (QED) is 0.162. The van der Waals surface area contributed by atoms with Crippen molar-refractivity contribution in [1.29, 1.82) is 0 Å². The van der Waals surface area contributed by atoms with E-state index in [1.54, 1.807) is 76.2 Å². The van der Waals surface area contributed by atoms with Crippen LogP contribution in [0.1, 0.15) is 124 Å². The summed E-state index contributed by atoms with van der Waals surface area (Å²) in [6.45, 7) is 29.8. The SMILES string of the molecule is CC(=O)C(C)C.CC(=O)OCC(=O)C(C)C.CC(=O)OCC(=O)C(C)C.CC(C)C(=O)CCNC(=O)OC(C)(C)C.CCOC(=O)CNC(=O)C(C)C. The Morgan fingerprint density at radius 2 is 0.925 bits per heavy atom. The van der Waals surface area contributed by atoms with Crippen LogP contribution in [0.15, 0.2) is 0 Å². The summed E-state index contributed by atoms with van der Waals surface area (Å²) in [5.74, 6) is -1.02. The Bertz CT molecular complexity index is 1090. The van der Waals surface area contributed by atoms with Gasteiger partial charge >= 0.3 is 24.0 Å². The van der Waals surface area contributed by atoms with Gasteiger partial charge in [0.15, 0.2) is 11.6 Å². The van der Waals surface area contributed by atoms with Crippen molar-refractivity contribution in [3.63, 3.8) is 0 Å². The highest BCUT2D eigenvalue weighted by molar-refractivity contribution is 5.84. The van der Waals surface area contributed by atoms with Gasteiger partial charge in [0.1, 0.15) is 36.9 Å². The number of alkyl carbamates (subject to hydrolysis) is 1. The van der Waals surface area contributed by atoms with Crippen molar-refractivity contribution in [3.8, 4) is 0 Å². The minimum absolute atomic E-state index is 0.0189. The Balaban J connectivity index is -0.000000186. The molecule has 0 aliphatic rings. The third-order valence-corrected chi connectivity index (χ3v) is 5.86. The summed E-state index contributed by atoms with van der Waals surface area (Å²) in [5.41, 5.74) is -0.494. The molecule has 0 fully saturated rings. The molecule has 0 radical (unpaired) electrons. The lowest BCUT2D eigenvalue weighted by Gasteiger charge is -2.19. The second-order valence-corrected chi connectivity index (χ2v) is 14.0. The first kappa shape index (κ1) is 58.1. The minimum atomic E-state index is -0.494. The summed E-state index contributed by atoms with van der Waals surface area (Å²) in [6.07, 6.45) is -0.115. The van der Waals surface area contributed by atoms with Crippen molar-refractivity contribution < 1.29 is 62.1 Å². The number of hydrogen-bond donors (Lipinski definition) is 2. The van der Waals surface area contributed by atoms with E-state index in [0.29, 0.717) is 19.6 Å². The summed E-state index contributed by atoms with van der Waals surface area (Å²) in [7, 11) is 0. The van der Waals surface area contributed by atoms with Crippen molar-refractivity contribution in [3.05, 3.63) is 0 Å². The van der Waals surface area contributed by atoms with E-state index >= 15 is 0 Å². The molecule has 0 aromatic carbocycles. The maximum Gasteiger partial charge on any atom is 0.407 e. The highest BCUT2D eigenvalue weighted by Gasteiger charge is 2.16.